The number of nitrogens with one attached hydrogen (secondary N) is 3. The third-order valence-corrected chi connectivity index (χ3v) is 4.82. The number of benzene rings is 2. The van der Waals surface area contributed by atoms with E-state index in [0.717, 1.165) is 12.4 Å². The Morgan fingerprint density at radius 3 is 2.17 bits per heavy atom. The molecule has 2 aliphatic heterocycles. The summed E-state index contributed by atoms with van der Waals surface area (Å²) in [5.74, 6) is -5.78. The van der Waals surface area contributed by atoms with Crippen LogP contribution in [0.4, 0.5) is 50.9 Å². The average molecular weight is 496 g/mol. The first-order chi connectivity index (χ1) is 16.4. The fourth-order valence-electron chi connectivity index (χ4n) is 3.10. The highest BCUT2D eigenvalue weighted by atomic mass is 19.3. The maximum Gasteiger partial charge on any atom is 0.471 e. The van der Waals surface area contributed by atoms with E-state index >= 15 is 0 Å². The molecule has 1 aromatic heterocycles. The number of fused-ring (bicyclic) bond motifs is 2. The maximum atomic E-state index is 13.9. The van der Waals surface area contributed by atoms with Crippen molar-refractivity contribution >= 4 is 34.9 Å². The number of hydrogen-bond acceptors (Lipinski definition) is 10. The molecule has 0 amide bonds. The number of carbonyl (C=O) groups is 1. The van der Waals surface area contributed by atoms with Crippen molar-refractivity contribution in [2.24, 2.45) is 0 Å². The molecule has 0 saturated heterocycles. The van der Waals surface area contributed by atoms with E-state index in [1.165, 1.54) is 30.3 Å². The summed E-state index contributed by atoms with van der Waals surface area (Å²) in [6.07, 6.45) is -3.08. The van der Waals surface area contributed by atoms with Gasteiger partial charge in [-0.3, -0.25) is 0 Å². The Morgan fingerprint density at radius 2 is 1.49 bits per heavy atom. The van der Waals surface area contributed by atoms with E-state index in [2.05, 4.69) is 39.8 Å². The molecule has 0 saturated carbocycles. The number of carbonyl (C=O) groups excluding carboxylic acids is 1. The second-order valence-corrected chi connectivity index (χ2v) is 7.48. The number of nitrogens with zero attached hydrogens (tertiary/aromatic N) is 3. The van der Waals surface area contributed by atoms with E-state index in [-0.39, 0.29) is 40.5 Å². The van der Waals surface area contributed by atoms with Crippen LogP contribution in [-0.4, -0.2) is 38.9 Å². The topological polar surface area (TPSA) is 120 Å². The lowest BCUT2D eigenvalue weighted by Gasteiger charge is -2.35. The maximum absolute atomic E-state index is 13.9. The molecule has 15 heteroatoms. The van der Waals surface area contributed by atoms with Gasteiger partial charge in [-0.25, -0.2) is 14.8 Å². The zero-order chi connectivity index (χ0) is 25.0. The zero-order valence-electron chi connectivity index (χ0n) is 17.4. The van der Waals surface area contributed by atoms with E-state index in [1.807, 2.05) is 0 Å². The minimum absolute atomic E-state index is 0.000660. The molecule has 5 rings (SSSR count). The number of anilines is 5. The molecule has 0 radical (unpaired) electrons. The Hall–Kier alpha value is -4.43. The summed E-state index contributed by atoms with van der Waals surface area (Å²) in [4.78, 5) is 23.2. The summed E-state index contributed by atoms with van der Waals surface area (Å²) in [7, 11) is 0. The van der Waals surface area contributed by atoms with Gasteiger partial charge in [0.05, 0.1) is 5.69 Å². The molecule has 1 atom stereocenters. The molecule has 0 aliphatic carbocycles. The van der Waals surface area contributed by atoms with Gasteiger partial charge in [0.15, 0.2) is 17.2 Å². The van der Waals surface area contributed by atoms with Crippen molar-refractivity contribution in [1.82, 2.24) is 15.0 Å². The van der Waals surface area contributed by atoms with Crippen LogP contribution in [0, 0.1) is 0 Å². The van der Waals surface area contributed by atoms with Crippen LogP contribution in [-0.2, 0) is 4.79 Å². The standard InChI is InChI=1S/C20H13F5N6O4/c1-18(21)20(24,25)35-14-7-10(3-5-13(14)34-18)29-17-27-8-26-16(30-17)28-9-2-4-12-11(6-9)31-19(22,23)15(32)33-12/h2-8,31H,1H3,(H2,26,27,28,29,30). The van der Waals surface area contributed by atoms with Crippen LogP contribution in [0.5, 0.6) is 17.2 Å². The number of esters is 1. The largest absolute Gasteiger partial charge is 0.471 e. The second kappa shape index (κ2) is 7.54. The van der Waals surface area contributed by atoms with Crippen LogP contribution in [0.1, 0.15) is 6.92 Å². The molecule has 35 heavy (non-hydrogen) atoms. The molecule has 3 heterocycles. The number of hydrogen-bond donors (Lipinski definition) is 3. The molecule has 0 spiro atoms. The van der Waals surface area contributed by atoms with Crippen molar-refractivity contribution in [2.45, 2.75) is 24.9 Å². The lowest BCUT2D eigenvalue weighted by atomic mass is 10.2. The number of alkyl halides is 5. The Bertz CT molecular complexity index is 1340. The highest BCUT2D eigenvalue weighted by molar-refractivity contribution is 5.88. The van der Waals surface area contributed by atoms with Crippen LogP contribution >= 0.6 is 0 Å². The number of ether oxygens (including phenoxy) is 3. The van der Waals surface area contributed by atoms with Gasteiger partial charge in [-0.15, -0.1) is 0 Å². The van der Waals surface area contributed by atoms with Crippen molar-refractivity contribution in [2.75, 3.05) is 16.0 Å². The quantitative estimate of drug-likeness (QED) is 0.208. The van der Waals surface area contributed by atoms with Crippen molar-refractivity contribution < 1.29 is 41.0 Å². The van der Waals surface area contributed by atoms with E-state index in [1.54, 1.807) is 5.32 Å². The van der Waals surface area contributed by atoms with Crippen molar-refractivity contribution in [3.8, 4) is 17.2 Å². The molecule has 0 fully saturated rings. The van der Waals surface area contributed by atoms with Crippen LogP contribution in [0.3, 0.4) is 0 Å². The molecular formula is C20H13F5N6O4. The number of aromatic nitrogens is 3. The lowest BCUT2D eigenvalue weighted by Crippen LogP contribution is -2.53. The van der Waals surface area contributed by atoms with E-state index in [0.29, 0.717) is 6.92 Å². The normalized spacial score (nSPS) is 21.3. The van der Waals surface area contributed by atoms with Gasteiger partial charge in [-0.2, -0.15) is 26.9 Å². The molecule has 0 bridgehead atoms. The molecule has 182 valence electrons. The fraction of sp³-hybridized carbons (Fsp3) is 0.200. The molecule has 3 N–H and O–H groups in total. The van der Waals surface area contributed by atoms with Gasteiger partial charge in [-0.05, 0) is 30.3 Å². The summed E-state index contributed by atoms with van der Waals surface area (Å²) >= 11 is 0. The van der Waals surface area contributed by atoms with Crippen LogP contribution in [0.15, 0.2) is 42.7 Å². The highest BCUT2D eigenvalue weighted by Crippen LogP contribution is 2.47. The third kappa shape index (κ3) is 4.15. The fourth-order valence-corrected chi connectivity index (χ4v) is 3.10. The van der Waals surface area contributed by atoms with E-state index in [4.69, 9.17) is 0 Å². The smallest absolute Gasteiger partial charge is 0.446 e. The van der Waals surface area contributed by atoms with E-state index < -0.39 is 29.7 Å². The highest BCUT2D eigenvalue weighted by Gasteiger charge is 2.60. The van der Waals surface area contributed by atoms with Gasteiger partial charge >= 0.3 is 24.0 Å². The molecule has 2 aliphatic rings. The Balaban J connectivity index is 1.33. The molecule has 1 unspecified atom stereocenters. The minimum Gasteiger partial charge on any atom is -0.446 e. The molecule has 2 aromatic carbocycles. The van der Waals surface area contributed by atoms with Crippen LogP contribution in [0.25, 0.3) is 0 Å². The van der Waals surface area contributed by atoms with Gasteiger partial charge in [0, 0.05) is 24.4 Å². The van der Waals surface area contributed by atoms with Gasteiger partial charge in [0.25, 0.3) is 0 Å². The number of rotatable bonds is 4. The first-order valence-electron chi connectivity index (χ1n) is 9.76. The first-order valence-corrected chi connectivity index (χ1v) is 9.76. The van der Waals surface area contributed by atoms with Gasteiger partial charge < -0.3 is 30.2 Å². The minimum atomic E-state index is -4.21. The molecule has 10 nitrogen and oxygen atoms in total. The van der Waals surface area contributed by atoms with Gasteiger partial charge in [0.2, 0.25) is 11.9 Å². The predicted octanol–water partition coefficient (Wildman–Crippen LogP) is 4.33. The molecular weight excluding hydrogens is 483 g/mol. The monoisotopic (exact) mass is 496 g/mol. The SMILES string of the molecule is CC1(F)Oc2ccc(Nc3ncnc(Nc4ccc5c(c4)NC(F)(F)C(=O)O5)n3)cc2OC1(F)F. The Kier molecular flexibility index (Phi) is 4.82. The summed E-state index contributed by atoms with van der Waals surface area (Å²) < 4.78 is 82.4. The van der Waals surface area contributed by atoms with E-state index in [9.17, 15) is 26.7 Å². The summed E-state index contributed by atoms with van der Waals surface area (Å²) in [6.45, 7) is 0.554. The lowest BCUT2D eigenvalue weighted by molar-refractivity contribution is -0.332. The molecule has 3 aromatic rings. The van der Waals surface area contributed by atoms with Gasteiger partial charge in [-0.1, -0.05) is 0 Å². The summed E-state index contributed by atoms with van der Waals surface area (Å²) in [6, 6.07) is 3.88. The van der Waals surface area contributed by atoms with Crippen molar-refractivity contribution in [1.29, 1.82) is 0 Å². The van der Waals surface area contributed by atoms with Crippen molar-refractivity contribution in [3.05, 3.63) is 42.7 Å². The summed E-state index contributed by atoms with van der Waals surface area (Å²) in [5, 5.41) is 7.30. The zero-order valence-corrected chi connectivity index (χ0v) is 17.4. The van der Waals surface area contributed by atoms with Crippen LogP contribution < -0.4 is 30.2 Å². The van der Waals surface area contributed by atoms with Crippen LogP contribution in [0.2, 0.25) is 0 Å². The van der Waals surface area contributed by atoms with Crippen molar-refractivity contribution in [3.63, 3.8) is 0 Å². The third-order valence-electron chi connectivity index (χ3n) is 4.82. The average Bonchev–Trinajstić information content (AvgIpc) is 2.75. The first kappa shape index (κ1) is 22.4. The Morgan fingerprint density at radius 1 is 0.857 bits per heavy atom. The number of halogens is 5. The van der Waals surface area contributed by atoms with Gasteiger partial charge in [0.1, 0.15) is 6.33 Å². The summed E-state index contributed by atoms with van der Waals surface area (Å²) in [5.41, 5.74) is 0.354. The predicted molar refractivity (Wildman–Crippen MR) is 109 cm³/mol. The second-order valence-electron chi connectivity index (χ2n) is 7.48. The Labute approximate surface area is 192 Å².